The summed E-state index contributed by atoms with van der Waals surface area (Å²) in [6, 6.07) is 1.27. The number of anilines is 1. The Labute approximate surface area is 123 Å². The van der Waals surface area contributed by atoms with Crippen molar-refractivity contribution in [2.45, 2.75) is 18.9 Å². The molecule has 1 aromatic carbocycles. The van der Waals surface area contributed by atoms with Crippen LogP contribution in [0.25, 0.3) is 0 Å². The summed E-state index contributed by atoms with van der Waals surface area (Å²) >= 11 is 5.48. The van der Waals surface area contributed by atoms with E-state index in [-0.39, 0.29) is 17.1 Å². The van der Waals surface area contributed by atoms with Crippen molar-refractivity contribution in [1.29, 1.82) is 0 Å². The van der Waals surface area contributed by atoms with Gasteiger partial charge in [-0.2, -0.15) is 0 Å². The fraction of sp³-hybridized carbons (Fsp3) is 0.250. The number of carbonyl (C=O) groups is 3. The first-order valence-corrected chi connectivity index (χ1v) is 6.14. The minimum Gasteiger partial charge on any atom is -0.481 e. The topological polar surface area (TPSA) is 116 Å². The lowest BCUT2D eigenvalue weighted by Gasteiger charge is -2.14. The number of rotatable bonds is 6. The van der Waals surface area contributed by atoms with Crippen LogP contribution in [0.1, 0.15) is 12.8 Å². The molecule has 0 saturated heterocycles. The highest BCUT2D eigenvalue weighted by Crippen LogP contribution is 2.18. The predicted octanol–water partition coefficient (Wildman–Crippen LogP) is 1.92. The van der Waals surface area contributed by atoms with Crippen LogP contribution in [0.4, 0.5) is 14.9 Å². The van der Waals surface area contributed by atoms with E-state index < -0.39 is 36.2 Å². The molecule has 0 spiro atoms. The minimum absolute atomic E-state index is 0.0803. The average Bonchev–Trinajstić information content (AvgIpc) is 2.38. The summed E-state index contributed by atoms with van der Waals surface area (Å²) in [5.41, 5.74) is 0.0803. The smallest absolute Gasteiger partial charge is 0.326 e. The Morgan fingerprint density at radius 2 is 1.95 bits per heavy atom. The number of aliphatic carboxylic acids is 2. The first-order chi connectivity index (χ1) is 9.79. The van der Waals surface area contributed by atoms with Crippen molar-refractivity contribution in [3.05, 3.63) is 29.0 Å². The van der Waals surface area contributed by atoms with Crippen LogP contribution in [-0.2, 0) is 9.59 Å². The first-order valence-electron chi connectivity index (χ1n) is 5.76. The van der Waals surface area contributed by atoms with Crippen molar-refractivity contribution in [1.82, 2.24) is 5.32 Å². The van der Waals surface area contributed by atoms with Crippen LogP contribution in [0.3, 0.4) is 0 Å². The van der Waals surface area contributed by atoms with Gasteiger partial charge in [-0.3, -0.25) is 4.79 Å². The van der Waals surface area contributed by atoms with Crippen LogP contribution < -0.4 is 10.6 Å². The number of halogens is 2. The lowest BCUT2D eigenvalue weighted by Crippen LogP contribution is -2.43. The lowest BCUT2D eigenvalue weighted by molar-refractivity contribution is -0.140. The summed E-state index contributed by atoms with van der Waals surface area (Å²) in [6.07, 6.45) is -0.681. The molecule has 9 heteroatoms. The van der Waals surface area contributed by atoms with Crippen molar-refractivity contribution >= 4 is 35.3 Å². The zero-order valence-corrected chi connectivity index (χ0v) is 11.4. The van der Waals surface area contributed by atoms with E-state index in [1.54, 1.807) is 0 Å². The largest absolute Gasteiger partial charge is 0.481 e. The summed E-state index contributed by atoms with van der Waals surface area (Å²) in [7, 11) is 0. The number of hydrogen-bond acceptors (Lipinski definition) is 3. The van der Waals surface area contributed by atoms with E-state index >= 15 is 0 Å². The van der Waals surface area contributed by atoms with Gasteiger partial charge in [0.25, 0.3) is 0 Å². The third-order valence-electron chi connectivity index (χ3n) is 2.43. The number of carbonyl (C=O) groups excluding carboxylic acids is 1. The Kier molecular flexibility index (Phi) is 5.92. The molecule has 1 rings (SSSR count). The Bertz CT molecular complexity index is 567. The van der Waals surface area contributed by atoms with E-state index in [1.807, 2.05) is 0 Å². The molecule has 0 bridgehead atoms. The maximum atomic E-state index is 13.2. The SMILES string of the molecule is O=C(O)CC[C@H](NC(=O)Nc1ccc(Cl)c(F)c1)C(=O)O. The van der Waals surface area contributed by atoms with E-state index in [0.29, 0.717) is 0 Å². The summed E-state index contributed by atoms with van der Waals surface area (Å²) in [5.74, 6) is -3.29. The molecular formula is C12H12ClFN2O5. The van der Waals surface area contributed by atoms with Crippen molar-refractivity contribution < 1.29 is 29.0 Å². The molecule has 0 aliphatic carbocycles. The minimum atomic E-state index is -1.37. The fourth-order valence-electron chi connectivity index (χ4n) is 1.42. The highest BCUT2D eigenvalue weighted by atomic mass is 35.5. The highest BCUT2D eigenvalue weighted by molar-refractivity contribution is 6.30. The number of urea groups is 1. The molecule has 0 fully saturated rings. The Balaban J connectivity index is 2.62. The number of nitrogens with one attached hydrogen (secondary N) is 2. The van der Waals surface area contributed by atoms with E-state index in [1.165, 1.54) is 12.1 Å². The number of carboxylic acids is 2. The van der Waals surface area contributed by atoms with Crippen molar-refractivity contribution in [2.75, 3.05) is 5.32 Å². The normalized spacial score (nSPS) is 11.5. The van der Waals surface area contributed by atoms with Crippen LogP contribution in [0.15, 0.2) is 18.2 Å². The van der Waals surface area contributed by atoms with Gasteiger partial charge in [0.15, 0.2) is 0 Å². The van der Waals surface area contributed by atoms with Crippen LogP contribution in [-0.4, -0.2) is 34.2 Å². The molecule has 0 radical (unpaired) electrons. The predicted molar refractivity (Wildman–Crippen MR) is 71.9 cm³/mol. The molecule has 2 amide bonds. The van der Waals surface area contributed by atoms with Gasteiger partial charge in [-0.25, -0.2) is 14.0 Å². The fourth-order valence-corrected chi connectivity index (χ4v) is 1.54. The first kappa shape index (κ1) is 16.7. The van der Waals surface area contributed by atoms with E-state index in [9.17, 15) is 18.8 Å². The summed E-state index contributed by atoms with van der Waals surface area (Å²) in [5, 5.41) is 21.6. The zero-order chi connectivity index (χ0) is 16.0. The molecule has 21 heavy (non-hydrogen) atoms. The molecule has 0 aliphatic rings. The molecule has 7 nitrogen and oxygen atoms in total. The summed E-state index contributed by atoms with van der Waals surface area (Å²) in [6.45, 7) is 0. The molecule has 1 aromatic rings. The highest BCUT2D eigenvalue weighted by Gasteiger charge is 2.21. The Hall–Kier alpha value is -2.35. The monoisotopic (exact) mass is 318 g/mol. The lowest BCUT2D eigenvalue weighted by atomic mass is 10.1. The third kappa shape index (κ3) is 5.65. The van der Waals surface area contributed by atoms with Gasteiger partial charge in [0.1, 0.15) is 11.9 Å². The molecule has 0 heterocycles. The molecular weight excluding hydrogens is 307 g/mol. The van der Waals surface area contributed by atoms with E-state index in [4.69, 9.17) is 21.8 Å². The van der Waals surface area contributed by atoms with Crippen molar-refractivity contribution in [3.8, 4) is 0 Å². The summed E-state index contributed by atoms with van der Waals surface area (Å²) in [4.78, 5) is 32.9. The number of carboxylic acid groups (broad SMARTS) is 2. The van der Waals surface area contributed by atoms with Gasteiger partial charge in [-0.1, -0.05) is 11.6 Å². The Morgan fingerprint density at radius 3 is 2.48 bits per heavy atom. The Morgan fingerprint density at radius 1 is 1.29 bits per heavy atom. The number of benzene rings is 1. The van der Waals surface area contributed by atoms with Gasteiger partial charge in [0.05, 0.1) is 5.02 Å². The maximum Gasteiger partial charge on any atom is 0.326 e. The van der Waals surface area contributed by atoms with Gasteiger partial charge < -0.3 is 20.8 Å². The molecule has 0 saturated carbocycles. The number of amides is 2. The molecule has 0 aliphatic heterocycles. The third-order valence-corrected chi connectivity index (χ3v) is 2.73. The quantitative estimate of drug-likeness (QED) is 0.639. The second-order valence-electron chi connectivity index (χ2n) is 4.05. The second kappa shape index (κ2) is 7.44. The van der Waals surface area contributed by atoms with Crippen LogP contribution in [0.2, 0.25) is 5.02 Å². The van der Waals surface area contributed by atoms with Gasteiger partial charge >= 0.3 is 18.0 Å². The molecule has 1 atom stereocenters. The average molecular weight is 319 g/mol. The van der Waals surface area contributed by atoms with Gasteiger partial charge in [0, 0.05) is 12.1 Å². The standard InChI is InChI=1S/C12H12ClFN2O5/c13-7-2-1-6(5-8(7)14)15-12(21)16-9(11(19)20)3-4-10(17)18/h1-2,5,9H,3-4H2,(H,17,18)(H,19,20)(H2,15,16,21)/t9-/m0/s1. The number of hydrogen-bond donors (Lipinski definition) is 4. The maximum absolute atomic E-state index is 13.2. The van der Waals surface area contributed by atoms with Gasteiger partial charge in [0.2, 0.25) is 0 Å². The van der Waals surface area contributed by atoms with E-state index in [0.717, 1.165) is 6.07 Å². The van der Waals surface area contributed by atoms with Crippen LogP contribution >= 0.6 is 11.6 Å². The molecule has 114 valence electrons. The van der Waals surface area contributed by atoms with Gasteiger partial charge in [-0.05, 0) is 24.6 Å². The second-order valence-corrected chi connectivity index (χ2v) is 4.46. The zero-order valence-electron chi connectivity index (χ0n) is 10.6. The molecule has 0 unspecified atom stereocenters. The van der Waals surface area contributed by atoms with Crippen molar-refractivity contribution in [2.24, 2.45) is 0 Å². The van der Waals surface area contributed by atoms with E-state index in [2.05, 4.69) is 10.6 Å². The molecule has 0 aromatic heterocycles. The molecule has 4 N–H and O–H groups in total. The van der Waals surface area contributed by atoms with Gasteiger partial charge in [-0.15, -0.1) is 0 Å². The van der Waals surface area contributed by atoms with Crippen LogP contribution in [0, 0.1) is 5.82 Å². The summed E-state index contributed by atoms with van der Waals surface area (Å²) < 4.78 is 13.2. The van der Waals surface area contributed by atoms with Crippen LogP contribution in [0.5, 0.6) is 0 Å². The van der Waals surface area contributed by atoms with Crippen molar-refractivity contribution in [3.63, 3.8) is 0 Å².